The minimum absolute atomic E-state index is 0. The van der Waals surface area contributed by atoms with Crippen LogP contribution in [-0.4, -0.2) is 91.6 Å². The zero-order valence-corrected chi connectivity index (χ0v) is 27.4. The average molecular weight is 680 g/mol. The highest BCUT2D eigenvalue weighted by molar-refractivity contribution is 5.86. The second-order valence-electron chi connectivity index (χ2n) is 6.85. The topological polar surface area (TPSA) is 124 Å². The fraction of sp³-hybridized carbons (Fsp3) is 1.00. The van der Waals surface area contributed by atoms with Crippen molar-refractivity contribution < 1.29 is 0 Å². The summed E-state index contributed by atoms with van der Waals surface area (Å²) >= 11 is 0. The standard InChI is InChI=1S/C19H48N8.8ClH/c20-6-14-22-10-4-12-26-18-16-24-8-2-1-3-9-25-17-19-27-13-5-11-23-15-7-21;;;;;;;;/h22-27H,1-21H2;8*1H. The number of rotatable bonds is 24. The van der Waals surface area contributed by atoms with Crippen LogP contribution in [0.4, 0.5) is 0 Å². The van der Waals surface area contributed by atoms with Crippen LogP contribution in [0.3, 0.4) is 0 Å². The van der Waals surface area contributed by atoms with E-state index < -0.39 is 0 Å². The Morgan fingerprint density at radius 3 is 0.743 bits per heavy atom. The fourth-order valence-corrected chi connectivity index (χ4v) is 2.66. The van der Waals surface area contributed by atoms with Crippen LogP contribution < -0.4 is 43.4 Å². The molecule has 0 aromatic carbocycles. The molecule has 0 saturated heterocycles. The Labute approximate surface area is 265 Å². The Bertz CT molecular complexity index is 259. The monoisotopic (exact) mass is 676 g/mol. The van der Waals surface area contributed by atoms with Crippen LogP contribution in [0, 0.1) is 0 Å². The van der Waals surface area contributed by atoms with Crippen molar-refractivity contribution in [3.8, 4) is 0 Å². The van der Waals surface area contributed by atoms with Crippen molar-refractivity contribution in [2.45, 2.75) is 32.1 Å². The van der Waals surface area contributed by atoms with Crippen LogP contribution in [-0.2, 0) is 0 Å². The molecule has 0 unspecified atom stereocenters. The second kappa shape index (κ2) is 60.5. The molecule has 0 aliphatic carbocycles. The van der Waals surface area contributed by atoms with Crippen LogP contribution in [0.1, 0.15) is 32.1 Å². The van der Waals surface area contributed by atoms with Crippen LogP contribution >= 0.6 is 99.3 Å². The Morgan fingerprint density at radius 1 is 0.257 bits per heavy atom. The maximum atomic E-state index is 5.42. The van der Waals surface area contributed by atoms with E-state index in [2.05, 4.69) is 31.9 Å². The van der Waals surface area contributed by atoms with E-state index in [-0.39, 0.29) is 99.3 Å². The lowest BCUT2D eigenvalue weighted by Crippen LogP contribution is -2.31. The zero-order valence-electron chi connectivity index (χ0n) is 20.9. The van der Waals surface area contributed by atoms with Crippen molar-refractivity contribution in [1.82, 2.24) is 31.9 Å². The van der Waals surface area contributed by atoms with E-state index >= 15 is 0 Å². The normalized spacial score (nSPS) is 8.74. The predicted octanol–water partition coefficient (Wildman–Crippen LogP) is 1.77. The van der Waals surface area contributed by atoms with Crippen LogP contribution in [0.2, 0.25) is 0 Å². The third-order valence-corrected chi connectivity index (χ3v) is 4.22. The molecule has 0 aromatic rings. The summed E-state index contributed by atoms with van der Waals surface area (Å²) in [5.74, 6) is 0. The van der Waals surface area contributed by atoms with E-state index in [1.54, 1.807) is 0 Å². The molecule has 10 N–H and O–H groups in total. The molecule has 35 heavy (non-hydrogen) atoms. The van der Waals surface area contributed by atoms with E-state index in [4.69, 9.17) is 11.5 Å². The Balaban J connectivity index is -0.000000121. The number of hydrogen-bond acceptors (Lipinski definition) is 8. The molecule has 0 atom stereocenters. The first-order valence-corrected chi connectivity index (χ1v) is 11.1. The average Bonchev–Trinajstić information content (AvgIpc) is 2.68. The third-order valence-electron chi connectivity index (χ3n) is 4.22. The SMILES string of the molecule is Cl.Cl.Cl.Cl.Cl.Cl.Cl.Cl.NCCNCCCNCCNCCCCCNCCNCCCNCCN. The van der Waals surface area contributed by atoms with E-state index in [1.165, 1.54) is 19.3 Å². The van der Waals surface area contributed by atoms with Gasteiger partial charge in [-0.05, 0) is 65.0 Å². The Morgan fingerprint density at radius 2 is 0.486 bits per heavy atom. The van der Waals surface area contributed by atoms with E-state index in [0.717, 1.165) is 104 Å². The van der Waals surface area contributed by atoms with E-state index in [0.29, 0.717) is 0 Å². The number of hydrogen-bond donors (Lipinski definition) is 8. The van der Waals surface area contributed by atoms with Crippen molar-refractivity contribution in [2.24, 2.45) is 11.5 Å². The molecule has 0 aliphatic heterocycles. The minimum Gasteiger partial charge on any atom is -0.329 e. The van der Waals surface area contributed by atoms with E-state index in [9.17, 15) is 0 Å². The summed E-state index contributed by atoms with van der Waals surface area (Å²) in [7, 11) is 0. The summed E-state index contributed by atoms with van der Waals surface area (Å²) in [4.78, 5) is 0. The van der Waals surface area contributed by atoms with Gasteiger partial charge in [0, 0.05) is 52.4 Å². The van der Waals surface area contributed by atoms with Crippen molar-refractivity contribution in [1.29, 1.82) is 0 Å². The molecule has 0 spiro atoms. The van der Waals surface area contributed by atoms with Crippen LogP contribution in [0.25, 0.3) is 0 Å². The summed E-state index contributed by atoms with van der Waals surface area (Å²) in [6, 6.07) is 0. The molecule has 0 rings (SSSR count). The zero-order chi connectivity index (χ0) is 19.7. The number of nitrogens with two attached hydrogens (primary N) is 2. The number of unbranched alkanes of at least 4 members (excludes halogenated alkanes) is 2. The molecule has 0 aliphatic rings. The van der Waals surface area contributed by atoms with Gasteiger partial charge in [-0.3, -0.25) is 0 Å². The molecule has 0 saturated carbocycles. The van der Waals surface area contributed by atoms with Gasteiger partial charge in [0.1, 0.15) is 0 Å². The molecule has 228 valence electrons. The van der Waals surface area contributed by atoms with Gasteiger partial charge < -0.3 is 43.4 Å². The van der Waals surface area contributed by atoms with E-state index in [1.807, 2.05) is 0 Å². The van der Waals surface area contributed by atoms with Crippen molar-refractivity contribution in [3.05, 3.63) is 0 Å². The molecule has 0 heterocycles. The van der Waals surface area contributed by atoms with Gasteiger partial charge in [0.15, 0.2) is 0 Å². The molecule has 8 nitrogen and oxygen atoms in total. The maximum absolute atomic E-state index is 5.42. The number of nitrogens with one attached hydrogen (secondary N) is 6. The van der Waals surface area contributed by atoms with Gasteiger partial charge in [0.05, 0.1) is 0 Å². The summed E-state index contributed by atoms with van der Waals surface area (Å²) in [5.41, 5.74) is 10.8. The maximum Gasteiger partial charge on any atom is 0.00767 e. The number of halogens is 8. The second-order valence-corrected chi connectivity index (χ2v) is 6.85. The van der Waals surface area contributed by atoms with Gasteiger partial charge in [0.25, 0.3) is 0 Å². The highest BCUT2D eigenvalue weighted by Crippen LogP contribution is 1.91. The van der Waals surface area contributed by atoms with Crippen molar-refractivity contribution in [3.63, 3.8) is 0 Å². The van der Waals surface area contributed by atoms with Gasteiger partial charge in [-0.2, -0.15) is 0 Å². The largest absolute Gasteiger partial charge is 0.329 e. The summed E-state index contributed by atoms with van der Waals surface area (Å²) in [5, 5.41) is 20.5. The molecule has 0 bridgehead atoms. The van der Waals surface area contributed by atoms with Gasteiger partial charge >= 0.3 is 0 Å². The summed E-state index contributed by atoms with van der Waals surface area (Å²) in [6.07, 6.45) is 6.14. The first-order chi connectivity index (χ1) is 13.4. The third kappa shape index (κ3) is 61.6. The quantitative estimate of drug-likeness (QED) is 0.0727. The molecule has 0 amide bonds. The molecule has 0 fully saturated rings. The molecule has 0 radical (unpaired) electrons. The Kier molecular flexibility index (Phi) is 106. The predicted molar refractivity (Wildman–Crippen MR) is 176 cm³/mol. The molecular weight excluding hydrogens is 624 g/mol. The molecule has 0 aromatic heterocycles. The fourth-order valence-electron chi connectivity index (χ4n) is 2.66. The molecule has 16 heteroatoms. The molecular formula is C19H56Cl8N8. The van der Waals surface area contributed by atoms with Crippen LogP contribution in [0.15, 0.2) is 0 Å². The van der Waals surface area contributed by atoms with Gasteiger partial charge in [-0.25, -0.2) is 0 Å². The minimum atomic E-state index is 0. The van der Waals surface area contributed by atoms with Crippen molar-refractivity contribution >= 4 is 99.3 Å². The summed E-state index contributed by atoms with van der Waals surface area (Å²) in [6.45, 7) is 14.0. The lowest BCUT2D eigenvalue weighted by molar-refractivity contribution is 0.540. The summed E-state index contributed by atoms with van der Waals surface area (Å²) < 4.78 is 0. The van der Waals surface area contributed by atoms with Gasteiger partial charge in [0.2, 0.25) is 0 Å². The smallest absolute Gasteiger partial charge is 0.00767 e. The Hall–Kier alpha value is 2.00. The highest BCUT2D eigenvalue weighted by Gasteiger charge is 1.93. The lowest BCUT2D eigenvalue weighted by Gasteiger charge is -2.08. The first kappa shape index (κ1) is 61.2. The lowest BCUT2D eigenvalue weighted by atomic mass is 10.2. The van der Waals surface area contributed by atoms with Crippen LogP contribution in [0.5, 0.6) is 0 Å². The first-order valence-electron chi connectivity index (χ1n) is 11.1. The highest BCUT2D eigenvalue weighted by atomic mass is 35.5. The van der Waals surface area contributed by atoms with Crippen molar-refractivity contribution in [2.75, 3.05) is 91.6 Å². The van der Waals surface area contributed by atoms with Gasteiger partial charge in [-0.1, -0.05) is 6.42 Å². The van der Waals surface area contributed by atoms with Gasteiger partial charge in [-0.15, -0.1) is 99.3 Å².